The van der Waals surface area contributed by atoms with Gasteiger partial charge in [-0.2, -0.15) is 5.26 Å². The van der Waals surface area contributed by atoms with Crippen molar-refractivity contribution in [3.8, 4) is 6.07 Å². The molecule has 5 heteroatoms. The van der Waals surface area contributed by atoms with Crippen molar-refractivity contribution in [2.24, 2.45) is 11.7 Å². The number of rotatable bonds is 5. The van der Waals surface area contributed by atoms with Crippen LogP contribution in [-0.4, -0.2) is 41.5 Å². The van der Waals surface area contributed by atoms with Crippen LogP contribution in [0.5, 0.6) is 0 Å². The number of hydrogen-bond donors (Lipinski definition) is 2. The normalized spacial score (nSPS) is 30.3. The predicted molar refractivity (Wildman–Crippen MR) is 77.7 cm³/mol. The lowest BCUT2D eigenvalue weighted by Crippen LogP contribution is -2.55. The minimum Gasteiger partial charge on any atom is -0.337 e. The van der Waals surface area contributed by atoms with Gasteiger partial charge in [-0.05, 0) is 45.4 Å². The lowest BCUT2D eigenvalue weighted by atomic mass is 9.95. The third kappa shape index (κ3) is 3.31. The summed E-state index contributed by atoms with van der Waals surface area (Å²) < 4.78 is 0. The van der Waals surface area contributed by atoms with Crippen molar-refractivity contribution in [3.05, 3.63) is 0 Å². The van der Waals surface area contributed by atoms with Crippen LogP contribution < -0.4 is 11.1 Å². The molecule has 1 aliphatic carbocycles. The van der Waals surface area contributed by atoms with Crippen molar-refractivity contribution >= 4 is 5.91 Å². The highest BCUT2D eigenvalue weighted by atomic mass is 16.2. The first-order chi connectivity index (χ1) is 9.50. The van der Waals surface area contributed by atoms with Crippen LogP contribution in [0.2, 0.25) is 0 Å². The molecule has 2 rings (SSSR count). The molecule has 0 bridgehead atoms. The first kappa shape index (κ1) is 15.3. The number of nitrogens with two attached hydrogens (primary N) is 1. The predicted octanol–water partition coefficient (Wildman–Crippen LogP) is 0.997. The van der Waals surface area contributed by atoms with Crippen LogP contribution in [0.4, 0.5) is 0 Å². The van der Waals surface area contributed by atoms with E-state index in [9.17, 15) is 10.1 Å². The molecule has 5 nitrogen and oxygen atoms in total. The molecule has 112 valence electrons. The van der Waals surface area contributed by atoms with Gasteiger partial charge in [-0.25, -0.2) is 0 Å². The fraction of sp³-hybridized carbons (Fsp3) is 0.867. The quantitative estimate of drug-likeness (QED) is 0.786. The van der Waals surface area contributed by atoms with Gasteiger partial charge in [0.1, 0.15) is 5.54 Å². The molecular weight excluding hydrogens is 252 g/mol. The Kier molecular flexibility index (Phi) is 4.66. The van der Waals surface area contributed by atoms with E-state index in [1.807, 2.05) is 6.92 Å². The Morgan fingerprint density at radius 3 is 2.70 bits per heavy atom. The average molecular weight is 278 g/mol. The lowest BCUT2D eigenvalue weighted by Gasteiger charge is -2.40. The molecule has 1 heterocycles. The fourth-order valence-corrected chi connectivity index (χ4v) is 3.26. The maximum Gasteiger partial charge on any atom is 0.235 e. The Labute approximate surface area is 121 Å². The second-order valence-corrected chi connectivity index (χ2v) is 6.48. The number of piperidine rings is 1. The van der Waals surface area contributed by atoms with Crippen LogP contribution in [0, 0.1) is 17.2 Å². The molecule has 1 saturated heterocycles. The van der Waals surface area contributed by atoms with E-state index >= 15 is 0 Å². The maximum atomic E-state index is 12.3. The van der Waals surface area contributed by atoms with E-state index in [4.69, 9.17) is 5.73 Å². The van der Waals surface area contributed by atoms with E-state index in [1.54, 1.807) is 0 Å². The average Bonchev–Trinajstić information content (AvgIpc) is 3.25. The van der Waals surface area contributed by atoms with Crippen molar-refractivity contribution in [1.29, 1.82) is 5.26 Å². The van der Waals surface area contributed by atoms with Gasteiger partial charge in [-0.3, -0.25) is 9.69 Å². The van der Waals surface area contributed by atoms with E-state index in [0.717, 1.165) is 25.7 Å². The number of nitrogens with one attached hydrogen (secondary N) is 1. The summed E-state index contributed by atoms with van der Waals surface area (Å²) in [4.78, 5) is 14.5. The molecule has 0 radical (unpaired) electrons. The molecule has 0 aromatic heterocycles. The first-order valence-electron chi connectivity index (χ1n) is 7.68. The summed E-state index contributed by atoms with van der Waals surface area (Å²) in [5.41, 5.74) is 5.12. The zero-order valence-corrected chi connectivity index (χ0v) is 12.6. The van der Waals surface area contributed by atoms with Crippen LogP contribution >= 0.6 is 0 Å². The molecule has 2 aliphatic rings. The van der Waals surface area contributed by atoms with E-state index < -0.39 is 5.54 Å². The Balaban J connectivity index is 1.94. The molecular formula is C15H26N4O. The summed E-state index contributed by atoms with van der Waals surface area (Å²) in [5, 5.41) is 12.2. The van der Waals surface area contributed by atoms with Gasteiger partial charge >= 0.3 is 0 Å². The van der Waals surface area contributed by atoms with Gasteiger partial charge in [0.05, 0.1) is 12.6 Å². The Morgan fingerprint density at radius 2 is 2.15 bits per heavy atom. The highest BCUT2D eigenvalue weighted by Gasteiger charge is 2.43. The van der Waals surface area contributed by atoms with Crippen molar-refractivity contribution in [2.75, 3.05) is 13.1 Å². The van der Waals surface area contributed by atoms with Crippen molar-refractivity contribution in [3.63, 3.8) is 0 Å². The molecule has 3 N–H and O–H groups in total. The van der Waals surface area contributed by atoms with Gasteiger partial charge in [-0.1, -0.05) is 6.42 Å². The topological polar surface area (TPSA) is 82.2 Å². The molecule has 1 aliphatic heterocycles. The molecule has 2 fully saturated rings. The second kappa shape index (κ2) is 6.11. The number of carbonyl (C=O) groups is 1. The number of amides is 1. The molecule has 1 saturated carbocycles. The zero-order valence-electron chi connectivity index (χ0n) is 12.6. The standard InChI is InChI=1S/C15H26N4O/c1-11-4-3-5-13(8-16)19(11)9-14(20)18-15(2,10-17)12-6-7-12/h11-13H,3-9,16H2,1-2H3,(H,18,20). The summed E-state index contributed by atoms with van der Waals surface area (Å²) in [7, 11) is 0. The third-order valence-electron chi connectivity index (χ3n) is 4.82. The van der Waals surface area contributed by atoms with E-state index in [2.05, 4.69) is 23.2 Å². The summed E-state index contributed by atoms with van der Waals surface area (Å²) in [6, 6.07) is 2.95. The molecule has 1 amide bonds. The SMILES string of the molecule is CC1CCCC(CN)N1CC(=O)NC(C)(C#N)C1CC1. The van der Waals surface area contributed by atoms with Gasteiger partial charge in [0.25, 0.3) is 0 Å². The van der Waals surface area contributed by atoms with Crippen LogP contribution in [-0.2, 0) is 4.79 Å². The number of likely N-dealkylation sites (tertiary alicyclic amines) is 1. The summed E-state index contributed by atoms with van der Waals surface area (Å²) in [5.74, 6) is 0.272. The maximum absolute atomic E-state index is 12.3. The summed E-state index contributed by atoms with van der Waals surface area (Å²) in [6.45, 7) is 4.94. The van der Waals surface area contributed by atoms with Crippen molar-refractivity contribution < 1.29 is 4.79 Å². The molecule has 0 aromatic rings. The van der Waals surface area contributed by atoms with Gasteiger partial charge in [0.2, 0.25) is 5.91 Å². The highest BCUT2D eigenvalue weighted by Crippen LogP contribution is 2.39. The van der Waals surface area contributed by atoms with Crippen LogP contribution in [0.25, 0.3) is 0 Å². The third-order valence-corrected chi connectivity index (χ3v) is 4.82. The van der Waals surface area contributed by atoms with Gasteiger partial charge in [0.15, 0.2) is 0 Å². The monoisotopic (exact) mass is 278 g/mol. The van der Waals surface area contributed by atoms with Crippen molar-refractivity contribution in [2.45, 2.75) is 63.6 Å². The number of nitriles is 1. The molecule has 3 unspecified atom stereocenters. The number of carbonyl (C=O) groups excluding carboxylic acids is 1. The molecule has 0 aromatic carbocycles. The minimum absolute atomic E-state index is 0.0480. The van der Waals surface area contributed by atoms with E-state index in [-0.39, 0.29) is 5.91 Å². The zero-order chi connectivity index (χ0) is 14.8. The number of hydrogen-bond acceptors (Lipinski definition) is 4. The highest BCUT2D eigenvalue weighted by molar-refractivity contribution is 5.79. The largest absolute Gasteiger partial charge is 0.337 e. The van der Waals surface area contributed by atoms with Crippen LogP contribution in [0.15, 0.2) is 0 Å². The second-order valence-electron chi connectivity index (χ2n) is 6.48. The molecule has 3 atom stereocenters. The lowest BCUT2D eigenvalue weighted by molar-refractivity contribution is -0.125. The molecule has 0 spiro atoms. The fourth-order valence-electron chi connectivity index (χ4n) is 3.26. The first-order valence-corrected chi connectivity index (χ1v) is 7.68. The molecule has 20 heavy (non-hydrogen) atoms. The summed E-state index contributed by atoms with van der Waals surface area (Å²) >= 11 is 0. The smallest absolute Gasteiger partial charge is 0.235 e. The van der Waals surface area contributed by atoms with Crippen LogP contribution in [0.3, 0.4) is 0 Å². The van der Waals surface area contributed by atoms with Crippen molar-refractivity contribution in [1.82, 2.24) is 10.2 Å². The van der Waals surface area contributed by atoms with E-state index in [1.165, 1.54) is 6.42 Å². The minimum atomic E-state index is -0.700. The van der Waals surface area contributed by atoms with Crippen LogP contribution in [0.1, 0.15) is 46.0 Å². The van der Waals surface area contributed by atoms with Gasteiger partial charge < -0.3 is 11.1 Å². The summed E-state index contributed by atoms with van der Waals surface area (Å²) in [6.07, 6.45) is 5.43. The Morgan fingerprint density at radius 1 is 1.45 bits per heavy atom. The van der Waals surface area contributed by atoms with Gasteiger partial charge in [-0.15, -0.1) is 0 Å². The Hall–Kier alpha value is -1.12. The van der Waals surface area contributed by atoms with E-state index in [0.29, 0.717) is 31.1 Å². The number of nitrogens with zero attached hydrogens (tertiary/aromatic N) is 2. The van der Waals surface area contributed by atoms with Gasteiger partial charge in [0, 0.05) is 18.6 Å². The Bertz CT molecular complexity index is 401.